The number of carbonyl (C=O) groups is 1. The number of hydrogen-bond donors (Lipinski definition) is 1. The summed E-state index contributed by atoms with van der Waals surface area (Å²) in [5.74, 6) is -2.16. The van der Waals surface area contributed by atoms with Gasteiger partial charge in [0.25, 0.3) is 5.91 Å². The van der Waals surface area contributed by atoms with Crippen LogP contribution in [0.3, 0.4) is 0 Å². The minimum atomic E-state index is -4.51. The number of allylic oxidation sites excluding steroid dienone is 1. The molecule has 0 aliphatic carbocycles. The predicted octanol–water partition coefficient (Wildman–Crippen LogP) is 7.64. The van der Waals surface area contributed by atoms with Crippen molar-refractivity contribution < 1.29 is 18.0 Å². The van der Waals surface area contributed by atoms with Crippen LogP contribution in [0.15, 0.2) is 60.8 Å². The summed E-state index contributed by atoms with van der Waals surface area (Å²) in [6, 6.07) is 12.0. The van der Waals surface area contributed by atoms with Crippen LogP contribution in [0, 0.1) is 6.92 Å². The highest BCUT2D eigenvalue weighted by Gasteiger charge is 2.39. The van der Waals surface area contributed by atoms with Crippen molar-refractivity contribution in [3.8, 4) is 0 Å². The molecule has 0 aliphatic rings. The molecule has 172 valence electrons. The third kappa shape index (κ3) is 6.73. The SMILES string of the molecule is Cc1cc(C=CC(c2ccc(Cl)c(Cl)c2)C(F)(F)F)ccc1C(=O)NCc1ccc(Cl)nc1. The molecule has 3 aromatic rings. The minimum Gasteiger partial charge on any atom is -0.348 e. The van der Waals surface area contributed by atoms with E-state index >= 15 is 0 Å². The Labute approximate surface area is 204 Å². The van der Waals surface area contributed by atoms with Gasteiger partial charge in [-0.05, 0) is 53.4 Å². The van der Waals surface area contributed by atoms with E-state index < -0.39 is 12.1 Å². The molecule has 3 rings (SSSR count). The standard InChI is InChI=1S/C24H18Cl3F3N2O/c1-14-10-15(2-6-18(14)23(33)32-13-16-4-9-22(27)31-12-16)3-7-19(24(28,29)30)17-5-8-20(25)21(26)11-17/h2-12,19H,13H2,1H3,(H,32,33). The smallest absolute Gasteiger partial charge is 0.348 e. The second-order valence-electron chi connectivity index (χ2n) is 7.30. The summed E-state index contributed by atoms with van der Waals surface area (Å²) in [6.45, 7) is 1.98. The molecule has 3 nitrogen and oxygen atoms in total. The maximum absolute atomic E-state index is 13.6. The van der Waals surface area contributed by atoms with Crippen LogP contribution in [0.25, 0.3) is 6.08 Å². The first-order chi connectivity index (χ1) is 15.5. The lowest BCUT2D eigenvalue weighted by Crippen LogP contribution is -2.23. The number of carbonyl (C=O) groups excluding carboxylic acids is 1. The highest BCUT2D eigenvalue weighted by atomic mass is 35.5. The summed E-state index contributed by atoms with van der Waals surface area (Å²) in [4.78, 5) is 16.5. The van der Waals surface area contributed by atoms with Gasteiger partial charge in [0.1, 0.15) is 5.15 Å². The normalized spacial score (nSPS) is 12.7. The summed E-state index contributed by atoms with van der Waals surface area (Å²) in [6.07, 6.45) is -0.524. The van der Waals surface area contributed by atoms with Gasteiger partial charge in [-0.25, -0.2) is 4.98 Å². The maximum atomic E-state index is 13.6. The van der Waals surface area contributed by atoms with Gasteiger partial charge in [-0.3, -0.25) is 4.79 Å². The van der Waals surface area contributed by atoms with E-state index in [9.17, 15) is 18.0 Å². The molecule has 2 aromatic carbocycles. The number of amides is 1. The molecule has 1 aromatic heterocycles. The van der Waals surface area contributed by atoms with Gasteiger partial charge >= 0.3 is 6.18 Å². The van der Waals surface area contributed by atoms with E-state index in [1.807, 2.05) is 0 Å². The number of aryl methyl sites for hydroxylation is 1. The van der Waals surface area contributed by atoms with Crippen LogP contribution in [0.5, 0.6) is 0 Å². The Hall–Kier alpha value is -2.54. The second-order valence-corrected chi connectivity index (χ2v) is 8.50. The largest absolute Gasteiger partial charge is 0.399 e. The van der Waals surface area contributed by atoms with E-state index in [1.165, 1.54) is 24.3 Å². The Morgan fingerprint density at radius 3 is 2.42 bits per heavy atom. The average Bonchev–Trinajstić information content (AvgIpc) is 2.75. The molecule has 33 heavy (non-hydrogen) atoms. The lowest BCUT2D eigenvalue weighted by Gasteiger charge is -2.18. The third-order valence-electron chi connectivity index (χ3n) is 4.87. The van der Waals surface area contributed by atoms with Crippen LogP contribution >= 0.6 is 34.8 Å². The Bertz CT molecular complexity index is 1180. The summed E-state index contributed by atoms with van der Waals surface area (Å²) in [5, 5.41) is 3.38. The van der Waals surface area contributed by atoms with Crippen molar-refractivity contribution in [2.75, 3.05) is 0 Å². The van der Waals surface area contributed by atoms with Crippen molar-refractivity contribution in [3.05, 3.63) is 104 Å². The van der Waals surface area contributed by atoms with Gasteiger partial charge < -0.3 is 5.32 Å². The molecule has 9 heteroatoms. The third-order valence-corrected chi connectivity index (χ3v) is 5.84. The van der Waals surface area contributed by atoms with Crippen molar-refractivity contribution in [2.45, 2.75) is 25.6 Å². The number of halogens is 6. The zero-order valence-corrected chi connectivity index (χ0v) is 19.5. The molecule has 0 spiro atoms. The summed E-state index contributed by atoms with van der Waals surface area (Å²) < 4.78 is 40.9. The zero-order chi connectivity index (χ0) is 24.2. The van der Waals surface area contributed by atoms with E-state index in [0.717, 1.165) is 11.6 Å². The van der Waals surface area contributed by atoms with E-state index in [-0.39, 0.29) is 28.1 Å². The molecule has 1 atom stereocenters. The predicted molar refractivity (Wildman–Crippen MR) is 126 cm³/mol. The van der Waals surface area contributed by atoms with Gasteiger partial charge in [-0.1, -0.05) is 71.2 Å². The first kappa shape index (κ1) is 25.1. The molecule has 1 amide bonds. The van der Waals surface area contributed by atoms with Crippen LogP contribution < -0.4 is 5.32 Å². The molecule has 0 aliphatic heterocycles. The van der Waals surface area contributed by atoms with Gasteiger partial charge in [0.15, 0.2) is 0 Å². The maximum Gasteiger partial charge on any atom is 0.399 e. The molecular formula is C24H18Cl3F3N2O. The number of hydrogen-bond acceptors (Lipinski definition) is 2. The lowest BCUT2D eigenvalue weighted by molar-refractivity contribution is -0.139. The topological polar surface area (TPSA) is 42.0 Å². The fraction of sp³-hybridized carbons (Fsp3) is 0.167. The fourth-order valence-electron chi connectivity index (χ4n) is 3.16. The highest BCUT2D eigenvalue weighted by Crippen LogP contribution is 2.38. The number of nitrogens with zero attached hydrogens (tertiary/aromatic N) is 1. The van der Waals surface area contributed by atoms with Gasteiger partial charge in [-0.2, -0.15) is 13.2 Å². The quantitative estimate of drug-likeness (QED) is 0.344. The van der Waals surface area contributed by atoms with Crippen molar-refractivity contribution >= 4 is 46.8 Å². The Kier molecular flexibility index (Phi) is 8.05. The molecule has 0 saturated heterocycles. The van der Waals surface area contributed by atoms with Crippen molar-refractivity contribution in [1.82, 2.24) is 10.3 Å². The van der Waals surface area contributed by atoms with E-state index in [0.29, 0.717) is 21.8 Å². The van der Waals surface area contributed by atoms with Gasteiger partial charge in [-0.15, -0.1) is 0 Å². The van der Waals surface area contributed by atoms with Crippen LogP contribution in [0.4, 0.5) is 13.2 Å². The molecule has 0 radical (unpaired) electrons. The first-order valence-electron chi connectivity index (χ1n) is 9.74. The van der Waals surface area contributed by atoms with Gasteiger partial charge in [0.05, 0.1) is 16.0 Å². The molecule has 0 saturated carbocycles. The van der Waals surface area contributed by atoms with Crippen LogP contribution in [0.1, 0.15) is 38.5 Å². The molecule has 0 fully saturated rings. The zero-order valence-electron chi connectivity index (χ0n) is 17.3. The minimum absolute atomic E-state index is 0.0161. The summed E-state index contributed by atoms with van der Waals surface area (Å²) in [7, 11) is 0. The Morgan fingerprint density at radius 1 is 1.06 bits per heavy atom. The number of alkyl halides is 3. The fourth-order valence-corrected chi connectivity index (χ4v) is 3.57. The number of rotatable bonds is 6. The van der Waals surface area contributed by atoms with Crippen LogP contribution in [0.2, 0.25) is 15.2 Å². The van der Waals surface area contributed by atoms with Crippen molar-refractivity contribution in [2.24, 2.45) is 0 Å². The second kappa shape index (κ2) is 10.6. The van der Waals surface area contributed by atoms with Crippen LogP contribution in [-0.4, -0.2) is 17.1 Å². The molecule has 0 bridgehead atoms. The molecule has 1 heterocycles. The molecule has 1 unspecified atom stereocenters. The number of benzene rings is 2. The Morgan fingerprint density at radius 2 is 1.82 bits per heavy atom. The monoisotopic (exact) mass is 512 g/mol. The molecule has 1 N–H and O–H groups in total. The highest BCUT2D eigenvalue weighted by molar-refractivity contribution is 6.42. The average molecular weight is 514 g/mol. The van der Waals surface area contributed by atoms with E-state index in [1.54, 1.807) is 43.5 Å². The summed E-state index contributed by atoms with van der Waals surface area (Å²) >= 11 is 17.5. The van der Waals surface area contributed by atoms with Crippen molar-refractivity contribution in [1.29, 1.82) is 0 Å². The number of pyridine rings is 1. The van der Waals surface area contributed by atoms with Crippen LogP contribution in [-0.2, 0) is 6.54 Å². The van der Waals surface area contributed by atoms with Gasteiger partial charge in [0.2, 0.25) is 0 Å². The Balaban J connectivity index is 1.75. The molecular weight excluding hydrogens is 496 g/mol. The van der Waals surface area contributed by atoms with E-state index in [2.05, 4.69) is 10.3 Å². The summed E-state index contributed by atoms with van der Waals surface area (Å²) in [5.41, 5.74) is 2.34. The van der Waals surface area contributed by atoms with Gasteiger partial charge in [0, 0.05) is 18.3 Å². The van der Waals surface area contributed by atoms with E-state index in [4.69, 9.17) is 34.8 Å². The first-order valence-corrected chi connectivity index (χ1v) is 10.9. The number of aromatic nitrogens is 1. The lowest BCUT2D eigenvalue weighted by atomic mass is 9.96. The van der Waals surface area contributed by atoms with Crippen molar-refractivity contribution in [3.63, 3.8) is 0 Å². The number of nitrogens with one attached hydrogen (secondary N) is 1.